The molecule has 0 fully saturated rings. The van der Waals surface area contributed by atoms with E-state index < -0.39 is 0 Å². The van der Waals surface area contributed by atoms with Gasteiger partial charge in [0.2, 0.25) is 0 Å². The number of allylic oxidation sites excluding steroid dienone is 4. The Bertz CT molecular complexity index is 2290. The van der Waals surface area contributed by atoms with Crippen molar-refractivity contribution in [1.29, 1.82) is 0 Å². The minimum Gasteiger partial charge on any atom is -0.0729 e. The van der Waals surface area contributed by atoms with Gasteiger partial charge in [0.05, 0.1) is 0 Å². The predicted molar refractivity (Wildman–Crippen MR) is 224 cm³/mol. The lowest BCUT2D eigenvalue weighted by Gasteiger charge is -2.39. The van der Waals surface area contributed by atoms with Gasteiger partial charge in [-0.1, -0.05) is 169 Å². The number of rotatable bonds is 6. The summed E-state index contributed by atoms with van der Waals surface area (Å²) in [7, 11) is 0. The minimum atomic E-state index is 0.0398. The van der Waals surface area contributed by atoms with Crippen molar-refractivity contribution in [2.75, 3.05) is 0 Å². The van der Waals surface area contributed by atoms with Gasteiger partial charge in [-0.3, -0.25) is 0 Å². The Labute approximate surface area is 309 Å². The van der Waals surface area contributed by atoms with Crippen molar-refractivity contribution >= 4 is 21.9 Å². The second-order valence-corrected chi connectivity index (χ2v) is 14.8. The molecule has 254 valence electrons. The molecule has 0 amide bonds. The van der Waals surface area contributed by atoms with Crippen molar-refractivity contribution in [2.24, 2.45) is 0 Å². The van der Waals surface area contributed by atoms with E-state index in [-0.39, 0.29) is 11.8 Å². The number of benzene rings is 7. The zero-order chi connectivity index (χ0) is 35.9. The fourth-order valence-corrected chi connectivity index (χ4v) is 8.38. The summed E-state index contributed by atoms with van der Waals surface area (Å²) in [6, 6.07) is 59.4. The van der Waals surface area contributed by atoms with Gasteiger partial charge in [0.1, 0.15) is 0 Å². The van der Waals surface area contributed by atoms with Crippen molar-refractivity contribution in [3.63, 3.8) is 0 Å². The second-order valence-electron chi connectivity index (χ2n) is 14.8. The lowest BCUT2D eigenvalue weighted by atomic mass is 9.63. The molecule has 8 rings (SSSR count). The molecule has 0 saturated carbocycles. The Balaban J connectivity index is 1.54. The van der Waals surface area contributed by atoms with E-state index in [1.165, 1.54) is 99.8 Å². The van der Waals surface area contributed by atoms with E-state index >= 15 is 0 Å². The van der Waals surface area contributed by atoms with Crippen LogP contribution in [0.1, 0.15) is 97.9 Å². The van der Waals surface area contributed by atoms with Gasteiger partial charge in [-0.2, -0.15) is 0 Å². The molecule has 0 heterocycles. The van der Waals surface area contributed by atoms with Crippen LogP contribution in [0.15, 0.2) is 169 Å². The number of hydrogen-bond acceptors (Lipinski definition) is 0. The first-order valence-corrected chi connectivity index (χ1v) is 18.6. The maximum absolute atomic E-state index is 2.39. The summed E-state index contributed by atoms with van der Waals surface area (Å²) in [6.07, 6.45) is 0. The average molecular weight is 671 g/mol. The van der Waals surface area contributed by atoms with E-state index in [2.05, 4.69) is 199 Å². The Morgan fingerprint density at radius 3 is 1.02 bits per heavy atom. The molecular weight excluding hydrogens is 625 g/mol. The minimum absolute atomic E-state index is 0.0398. The molecule has 7 aromatic carbocycles. The molecule has 1 aliphatic carbocycles. The summed E-state index contributed by atoms with van der Waals surface area (Å²) in [5, 5.41) is 2.59. The average Bonchev–Trinajstić information content (AvgIpc) is 3.19. The SMILES string of the molecule is CC(C)=C(C)c1ccc(C2c3ccccc3C(c3ccc(C(C)=C(C)C)cc3)c3c2c(-c2ccccc2)c2ccccc2c3-c2ccccc2)cc1. The summed E-state index contributed by atoms with van der Waals surface area (Å²) >= 11 is 0. The molecule has 0 aromatic heterocycles. The van der Waals surface area contributed by atoms with Crippen molar-refractivity contribution in [3.8, 4) is 22.3 Å². The van der Waals surface area contributed by atoms with Gasteiger partial charge in [0.15, 0.2) is 0 Å². The van der Waals surface area contributed by atoms with Gasteiger partial charge in [0.25, 0.3) is 0 Å². The summed E-state index contributed by atoms with van der Waals surface area (Å²) < 4.78 is 0. The topological polar surface area (TPSA) is 0 Å². The molecular formula is C52H46. The highest BCUT2D eigenvalue weighted by Crippen LogP contribution is 2.57. The highest BCUT2D eigenvalue weighted by atomic mass is 14.4. The van der Waals surface area contributed by atoms with Crippen LogP contribution in [0, 0.1) is 0 Å². The van der Waals surface area contributed by atoms with Crippen molar-refractivity contribution in [1.82, 2.24) is 0 Å². The first-order valence-electron chi connectivity index (χ1n) is 18.6. The molecule has 52 heavy (non-hydrogen) atoms. The zero-order valence-corrected chi connectivity index (χ0v) is 31.2. The van der Waals surface area contributed by atoms with Crippen molar-refractivity contribution in [3.05, 3.63) is 213 Å². The van der Waals surface area contributed by atoms with Crippen LogP contribution >= 0.6 is 0 Å². The molecule has 0 saturated heterocycles. The lowest BCUT2D eigenvalue weighted by molar-refractivity contribution is 0.827. The van der Waals surface area contributed by atoms with Gasteiger partial charge >= 0.3 is 0 Å². The lowest BCUT2D eigenvalue weighted by Crippen LogP contribution is -2.22. The quantitative estimate of drug-likeness (QED) is 0.165. The molecule has 2 unspecified atom stereocenters. The van der Waals surface area contributed by atoms with E-state index in [9.17, 15) is 0 Å². The Morgan fingerprint density at radius 2 is 0.673 bits per heavy atom. The summed E-state index contributed by atoms with van der Waals surface area (Å²) in [5.74, 6) is 0.0796. The molecule has 0 radical (unpaired) electrons. The van der Waals surface area contributed by atoms with Gasteiger partial charge < -0.3 is 0 Å². The summed E-state index contributed by atoms with van der Waals surface area (Å²) in [6.45, 7) is 13.3. The van der Waals surface area contributed by atoms with Gasteiger partial charge in [-0.25, -0.2) is 0 Å². The third kappa shape index (κ3) is 5.73. The standard InChI is InChI=1S/C52H46/c1-33(2)35(5)37-25-29-41(30-26-37)49-45-23-15-16-24-46(45)50(42-31-27-38(28-32-42)36(6)34(3)4)52-48(40-19-11-8-12-20-40)44-22-14-13-21-43(44)47(51(49)52)39-17-9-7-10-18-39/h7-32,49-50H,1-6H3. The maximum Gasteiger partial charge on any atom is 0.0352 e. The molecule has 1 aliphatic rings. The first-order chi connectivity index (χ1) is 25.3. The van der Waals surface area contributed by atoms with Crippen molar-refractivity contribution < 1.29 is 0 Å². The molecule has 0 N–H and O–H groups in total. The van der Waals surface area contributed by atoms with Crippen LogP contribution in [0.3, 0.4) is 0 Å². The summed E-state index contributed by atoms with van der Waals surface area (Å²) in [4.78, 5) is 0. The van der Waals surface area contributed by atoms with Crippen LogP contribution in [0.25, 0.3) is 44.2 Å². The largest absolute Gasteiger partial charge is 0.0729 e. The van der Waals surface area contributed by atoms with Crippen LogP contribution in [-0.2, 0) is 0 Å². The third-order valence-corrected chi connectivity index (χ3v) is 11.5. The normalized spacial score (nSPS) is 14.7. The van der Waals surface area contributed by atoms with E-state index in [4.69, 9.17) is 0 Å². The third-order valence-electron chi connectivity index (χ3n) is 11.5. The van der Waals surface area contributed by atoms with E-state index in [1.807, 2.05) is 0 Å². The molecule has 0 heteroatoms. The summed E-state index contributed by atoms with van der Waals surface area (Å²) in [5.41, 5.74) is 21.3. The fourth-order valence-electron chi connectivity index (χ4n) is 8.38. The van der Waals surface area contributed by atoms with Gasteiger partial charge in [-0.15, -0.1) is 0 Å². The highest BCUT2D eigenvalue weighted by molar-refractivity contribution is 6.09. The maximum atomic E-state index is 2.39. The number of hydrogen-bond donors (Lipinski definition) is 0. The molecule has 0 aliphatic heterocycles. The van der Waals surface area contributed by atoms with Gasteiger partial charge in [-0.05, 0) is 130 Å². The molecule has 7 aromatic rings. The van der Waals surface area contributed by atoms with Crippen LogP contribution in [0.4, 0.5) is 0 Å². The number of fused-ring (bicyclic) bond motifs is 3. The Hall–Kier alpha value is -5.72. The molecule has 0 spiro atoms. The Morgan fingerprint density at radius 1 is 0.346 bits per heavy atom. The first kappa shape index (κ1) is 33.4. The van der Waals surface area contributed by atoms with Crippen molar-refractivity contribution in [2.45, 2.75) is 53.4 Å². The fraction of sp³-hybridized carbons (Fsp3) is 0.154. The van der Waals surface area contributed by atoms with E-state index in [1.54, 1.807) is 0 Å². The zero-order valence-electron chi connectivity index (χ0n) is 31.2. The van der Waals surface area contributed by atoms with Crippen LogP contribution in [0.5, 0.6) is 0 Å². The second kappa shape index (κ2) is 13.8. The Kier molecular flexibility index (Phi) is 8.85. The molecule has 2 atom stereocenters. The van der Waals surface area contributed by atoms with Crippen LogP contribution in [-0.4, -0.2) is 0 Å². The van der Waals surface area contributed by atoms with E-state index in [0.29, 0.717) is 0 Å². The highest BCUT2D eigenvalue weighted by Gasteiger charge is 2.39. The molecule has 0 bridgehead atoms. The predicted octanol–water partition coefficient (Wildman–Crippen LogP) is 14.5. The van der Waals surface area contributed by atoms with E-state index in [0.717, 1.165) is 0 Å². The van der Waals surface area contributed by atoms with Gasteiger partial charge in [0, 0.05) is 11.8 Å². The van der Waals surface area contributed by atoms with Crippen LogP contribution < -0.4 is 0 Å². The smallest absolute Gasteiger partial charge is 0.0352 e. The van der Waals surface area contributed by atoms with Crippen LogP contribution in [0.2, 0.25) is 0 Å². The molecule has 0 nitrogen and oxygen atoms in total. The monoisotopic (exact) mass is 670 g/mol.